The molecule has 0 spiro atoms. The van der Waals surface area contributed by atoms with Gasteiger partial charge in [-0.3, -0.25) is 4.79 Å². The zero-order chi connectivity index (χ0) is 21.8. The molecule has 1 aliphatic rings. The molecule has 8 nitrogen and oxygen atoms in total. The highest BCUT2D eigenvalue weighted by molar-refractivity contribution is 7.84. The molecule has 2 N–H and O–H groups in total. The number of hydrogen-bond acceptors (Lipinski definition) is 7. The van der Waals surface area contributed by atoms with Crippen molar-refractivity contribution in [3.05, 3.63) is 54.1 Å². The average Bonchev–Trinajstić information content (AvgIpc) is 2.73. The molecule has 0 radical (unpaired) electrons. The number of ether oxygens (including phenoxy) is 2. The van der Waals surface area contributed by atoms with E-state index in [1.165, 1.54) is 0 Å². The van der Waals surface area contributed by atoms with Gasteiger partial charge in [-0.2, -0.15) is 13.6 Å². The van der Waals surface area contributed by atoms with Gasteiger partial charge in [0.2, 0.25) is 0 Å². The third-order valence-corrected chi connectivity index (χ3v) is 5.94. The summed E-state index contributed by atoms with van der Waals surface area (Å²) in [6, 6.07) is 15.2. The van der Waals surface area contributed by atoms with Crippen molar-refractivity contribution in [2.45, 2.75) is 24.7 Å². The zero-order valence-corrected chi connectivity index (χ0v) is 17.9. The van der Waals surface area contributed by atoms with Gasteiger partial charge in [-0.1, -0.05) is 24.3 Å². The standard InChI is InChI=1S/C21H26N2O6S/c1-27-17-7-5-6-16(14-17)21(15-20(24)29-30(22,25)26)10-12-23(13-11-21)18-8-3-4-9-19(18)28-2/h3-9,14H,10-13,15H2,1-2H3,(H2,22,25,26). The van der Waals surface area contributed by atoms with Gasteiger partial charge in [-0.15, -0.1) is 0 Å². The smallest absolute Gasteiger partial charge is 0.382 e. The van der Waals surface area contributed by atoms with E-state index in [4.69, 9.17) is 14.6 Å². The van der Waals surface area contributed by atoms with E-state index in [9.17, 15) is 13.2 Å². The molecule has 0 amide bonds. The van der Waals surface area contributed by atoms with Gasteiger partial charge in [-0.25, -0.2) is 0 Å². The Morgan fingerprint density at radius 2 is 1.77 bits per heavy atom. The highest BCUT2D eigenvalue weighted by atomic mass is 32.2. The summed E-state index contributed by atoms with van der Waals surface area (Å²) in [5.74, 6) is 0.574. The summed E-state index contributed by atoms with van der Waals surface area (Å²) in [5.41, 5.74) is 1.27. The minimum absolute atomic E-state index is 0.101. The summed E-state index contributed by atoms with van der Waals surface area (Å²) < 4.78 is 37.7. The molecule has 30 heavy (non-hydrogen) atoms. The molecule has 2 aromatic carbocycles. The van der Waals surface area contributed by atoms with E-state index in [2.05, 4.69) is 9.08 Å². The van der Waals surface area contributed by atoms with Crippen molar-refractivity contribution < 1.29 is 26.9 Å². The Balaban J connectivity index is 1.89. The molecule has 1 aliphatic heterocycles. The molecule has 0 aromatic heterocycles. The fourth-order valence-corrected chi connectivity index (χ4v) is 4.34. The molecule has 2 aromatic rings. The highest BCUT2D eigenvalue weighted by Crippen LogP contribution is 2.42. The van der Waals surface area contributed by atoms with Crippen molar-refractivity contribution in [3.8, 4) is 11.5 Å². The number of carbonyl (C=O) groups is 1. The predicted molar refractivity (Wildman–Crippen MR) is 113 cm³/mol. The highest BCUT2D eigenvalue weighted by Gasteiger charge is 2.40. The van der Waals surface area contributed by atoms with Crippen LogP contribution < -0.4 is 19.5 Å². The van der Waals surface area contributed by atoms with Gasteiger partial charge in [0.25, 0.3) is 0 Å². The van der Waals surface area contributed by atoms with Crippen LogP contribution in [-0.2, 0) is 24.7 Å². The minimum Gasteiger partial charge on any atom is -0.497 e. The number of rotatable bonds is 7. The van der Waals surface area contributed by atoms with Crippen LogP contribution in [0.4, 0.5) is 5.69 Å². The first-order valence-corrected chi connectivity index (χ1v) is 11.0. The molecular formula is C21H26N2O6S. The van der Waals surface area contributed by atoms with E-state index in [0.717, 1.165) is 17.0 Å². The maximum absolute atomic E-state index is 12.4. The predicted octanol–water partition coefficient (Wildman–Crippen LogP) is 2.38. The lowest BCUT2D eigenvalue weighted by Crippen LogP contribution is -2.44. The van der Waals surface area contributed by atoms with Crippen LogP contribution in [0, 0.1) is 0 Å². The van der Waals surface area contributed by atoms with Crippen LogP contribution in [0.2, 0.25) is 0 Å². The van der Waals surface area contributed by atoms with Gasteiger partial charge in [-0.05, 0) is 42.7 Å². The second-order valence-corrected chi connectivity index (χ2v) is 8.45. The number of anilines is 1. The van der Waals surface area contributed by atoms with Gasteiger partial charge >= 0.3 is 16.3 Å². The quantitative estimate of drug-likeness (QED) is 0.713. The molecule has 0 bridgehead atoms. The van der Waals surface area contributed by atoms with E-state index < -0.39 is 21.7 Å². The Bertz CT molecular complexity index is 1000. The number of nitrogens with two attached hydrogens (primary N) is 1. The average molecular weight is 435 g/mol. The molecule has 0 saturated carbocycles. The van der Waals surface area contributed by atoms with Crippen LogP contribution in [0.15, 0.2) is 48.5 Å². The monoisotopic (exact) mass is 434 g/mol. The lowest BCUT2D eigenvalue weighted by molar-refractivity contribution is -0.135. The Morgan fingerprint density at radius 3 is 2.40 bits per heavy atom. The molecule has 1 heterocycles. The SMILES string of the molecule is COc1cccc(C2(CC(=O)OS(N)(=O)=O)CCN(c3ccccc3OC)CC2)c1. The number of methoxy groups -OCH3 is 2. The maximum atomic E-state index is 12.4. The Labute approximate surface area is 176 Å². The second kappa shape index (κ2) is 8.93. The third-order valence-electron chi connectivity index (χ3n) is 5.52. The summed E-state index contributed by atoms with van der Waals surface area (Å²) >= 11 is 0. The first-order chi connectivity index (χ1) is 14.3. The molecular weight excluding hydrogens is 408 g/mol. The van der Waals surface area contributed by atoms with Gasteiger partial charge in [0.1, 0.15) is 11.5 Å². The van der Waals surface area contributed by atoms with E-state index in [1.807, 2.05) is 48.5 Å². The largest absolute Gasteiger partial charge is 0.497 e. The fourth-order valence-electron chi connectivity index (χ4n) is 4.02. The molecule has 1 saturated heterocycles. The van der Waals surface area contributed by atoms with Crippen LogP contribution in [0.5, 0.6) is 11.5 Å². The number of benzene rings is 2. The molecule has 0 aliphatic carbocycles. The third kappa shape index (κ3) is 5.03. The molecule has 9 heteroatoms. The van der Waals surface area contributed by atoms with Gasteiger partial charge in [0.15, 0.2) is 0 Å². The van der Waals surface area contributed by atoms with Crippen molar-refractivity contribution in [2.75, 3.05) is 32.2 Å². The molecule has 0 atom stereocenters. The van der Waals surface area contributed by atoms with Crippen LogP contribution in [0.1, 0.15) is 24.8 Å². The van der Waals surface area contributed by atoms with E-state index >= 15 is 0 Å². The Kier molecular flexibility index (Phi) is 6.52. The normalized spacial score (nSPS) is 16.0. The van der Waals surface area contributed by atoms with Crippen molar-refractivity contribution in [2.24, 2.45) is 5.14 Å². The van der Waals surface area contributed by atoms with E-state index in [0.29, 0.717) is 31.7 Å². The van der Waals surface area contributed by atoms with Crippen LogP contribution in [0.25, 0.3) is 0 Å². The molecule has 1 fully saturated rings. The topological polar surface area (TPSA) is 108 Å². The minimum atomic E-state index is -4.36. The first kappa shape index (κ1) is 21.9. The first-order valence-electron chi connectivity index (χ1n) is 9.54. The number of para-hydroxylation sites is 2. The summed E-state index contributed by atoms with van der Waals surface area (Å²) in [7, 11) is -1.15. The molecule has 162 valence electrons. The Hall–Kier alpha value is -2.78. The number of nitrogens with zero attached hydrogens (tertiary/aromatic N) is 1. The van der Waals surface area contributed by atoms with Crippen molar-refractivity contribution in [1.29, 1.82) is 0 Å². The van der Waals surface area contributed by atoms with E-state index in [-0.39, 0.29) is 6.42 Å². The Morgan fingerprint density at radius 1 is 1.07 bits per heavy atom. The number of hydrogen-bond donors (Lipinski definition) is 1. The number of carbonyl (C=O) groups excluding carboxylic acids is 1. The van der Waals surface area contributed by atoms with E-state index in [1.54, 1.807) is 14.2 Å². The molecule has 0 unspecified atom stereocenters. The summed E-state index contributed by atoms with van der Waals surface area (Å²) in [4.78, 5) is 14.6. The number of piperidine rings is 1. The lowest BCUT2D eigenvalue weighted by Gasteiger charge is -2.43. The zero-order valence-electron chi connectivity index (χ0n) is 17.0. The van der Waals surface area contributed by atoms with Gasteiger partial charge in [0, 0.05) is 18.5 Å². The van der Waals surface area contributed by atoms with Gasteiger partial charge < -0.3 is 18.6 Å². The molecule has 3 rings (SSSR count). The fraction of sp³-hybridized carbons (Fsp3) is 0.381. The van der Waals surface area contributed by atoms with Crippen LogP contribution in [-0.4, -0.2) is 41.7 Å². The summed E-state index contributed by atoms with van der Waals surface area (Å²) in [6.07, 6.45) is 1.12. The van der Waals surface area contributed by atoms with Crippen molar-refractivity contribution >= 4 is 22.0 Å². The second-order valence-electron chi connectivity index (χ2n) is 7.30. The van der Waals surface area contributed by atoms with Gasteiger partial charge in [0.05, 0.1) is 26.3 Å². The van der Waals surface area contributed by atoms with Crippen LogP contribution >= 0.6 is 0 Å². The van der Waals surface area contributed by atoms with Crippen molar-refractivity contribution in [3.63, 3.8) is 0 Å². The maximum Gasteiger partial charge on any atom is 0.382 e. The summed E-state index contributed by atoms with van der Waals surface area (Å²) in [5, 5.41) is 4.89. The lowest BCUT2D eigenvalue weighted by atomic mass is 9.70. The van der Waals surface area contributed by atoms with Crippen molar-refractivity contribution in [1.82, 2.24) is 0 Å². The van der Waals surface area contributed by atoms with Crippen LogP contribution in [0.3, 0.4) is 0 Å². The summed E-state index contributed by atoms with van der Waals surface area (Å²) in [6.45, 7) is 1.31.